The largest absolute Gasteiger partial charge is 0.324 e. The first-order valence-electron chi connectivity index (χ1n) is 6.69. The Hall–Kier alpha value is -2.50. The minimum absolute atomic E-state index is 0.116. The molecule has 3 rings (SSSR count). The lowest BCUT2D eigenvalue weighted by Gasteiger charge is -2.11. The molecule has 5 nitrogen and oxygen atoms in total. The van der Waals surface area contributed by atoms with E-state index < -0.39 is 0 Å². The Kier molecular flexibility index (Phi) is 4.00. The standard InChI is InChI=1S/C16H13ClN4O/c17-12-6-7-14(21-10-19-20-15(21)9-18)13(8-12)16(22)11-4-2-1-3-5-11/h1-8,10H,9,18H2. The van der Waals surface area contributed by atoms with Gasteiger partial charge in [-0.15, -0.1) is 10.2 Å². The van der Waals surface area contributed by atoms with E-state index in [0.29, 0.717) is 27.7 Å². The summed E-state index contributed by atoms with van der Waals surface area (Å²) in [4.78, 5) is 12.8. The monoisotopic (exact) mass is 312 g/mol. The molecule has 110 valence electrons. The number of nitrogens with zero attached hydrogens (tertiary/aromatic N) is 3. The van der Waals surface area contributed by atoms with E-state index in [1.54, 1.807) is 34.9 Å². The van der Waals surface area contributed by atoms with Gasteiger partial charge in [-0.05, 0) is 18.2 Å². The third kappa shape index (κ3) is 2.64. The minimum Gasteiger partial charge on any atom is -0.324 e. The van der Waals surface area contributed by atoms with Gasteiger partial charge in [-0.3, -0.25) is 9.36 Å². The second-order valence-electron chi connectivity index (χ2n) is 4.68. The fourth-order valence-corrected chi connectivity index (χ4v) is 2.42. The molecule has 0 aliphatic heterocycles. The van der Waals surface area contributed by atoms with Crippen molar-refractivity contribution in [2.45, 2.75) is 6.54 Å². The van der Waals surface area contributed by atoms with Crippen molar-refractivity contribution >= 4 is 17.4 Å². The lowest BCUT2D eigenvalue weighted by molar-refractivity contribution is 0.103. The van der Waals surface area contributed by atoms with Crippen LogP contribution in [0.25, 0.3) is 5.69 Å². The van der Waals surface area contributed by atoms with E-state index in [4.69, 9.17) is 17.3 Å². The Morgan fingerprint density at radius 2 is 1.95 bits per heavy atom. The Morgan fingerprint density at radius 1 is 1.18 bits per heavy atom. The van der Waals surface area contributed by atoms with Crippen molar-refractivity contribution in [1.29, 1.82) is 0 Å². The van der Waals surface area contributed by atoms with Crippen LogP contribution in [0.3, 0.4) is 0 Å². The third-order valence-corrected chi connectivity index (χ3v) is 3.53. The van der Waals surface area contributed by atoms with Crippen molar-refractivity contribution < 1.29 is 4.79 Å². The summed E-state index contributed by atoms with van der Waals surface area (Å²) in [5, 5.41) is 8.30. The highest BCUT2D eigenvalue weighted by atomic mass is 35.5. The number of nitrogens with two attached hydrogens (primary N) is 1. The molecule has 1 aromatic heterocycles. The van der Waals surface area contributed by atoms with Gasteiger partial charge in [-0.25, -0.2) is 0 Å². The third-order valence-electron chi connectivity index (χ3n) is 3.30. The summed E-state index contributed by atoms with van der Waals surface area (Å²) in [6.45, 7) is 0.224. The van der Waals surface area contributed by atoms with Gasteiger partial charge in [0.1, 0.15) is 6.33 Å². The molecular weight excluding hydrogens is 300 g/mol. The number of hydrogen-bond donors (Lipinski definition) is 1. The average Bonchev–Trinajstić information content (AvgIpc) is 3.03. The molecule has 0 atom stereocenters. The lowest BCUT2D eigenvalue weighted by Crippen LogP contribution is -2.11. The van der Waals surface area contributed by atoms with E-state index >= 15 is 0 Å². The Labute approximate surface area is 132 Å². The van der Waals surface area contributed by atoms with Crippen LogP contribution in [0.15, 0.2) is 54.9 Å². The molecule has 3 aromatic rings. The summed E-state index contributed by atoms with van der Waals surface area (Å²) in [5.74, 6) is 0.458. The zero-order valence-corrected chi connectivity index (χ0v) is 12.4. The van der Waals surface area contributed by atoms with E-state index in [2.05, 4.69) is 10.2 Å². The Balaban J connectivity index is 2.15. The molecule has 0 aliphatic rings. The average molecular weight is 313 g/mol. The van der Waals surface area contributed by atoms with Crippen LogP contribution in [0.2, 0.25) is 5.02 Å². The molecule has 2 N–H and O–H groups in total. The maximum Gasteiger partial charge on any atom is 0.195 e. The van der Waals surface area contributed by atoms with Crippen molar-refractivity contribution in [3.63, 3.8) is 0 Å². The van der Waals surface area contributed by atoms with Crippen LogP contribution in [-0.2, 0) is 6.54 Å². The van der Waals surface area contributed by atoms with Crippen molar-refractivity contribution in [2.24, 2.45) is 5.73 Å². The van der Waals surface area contributed by atoms with Gasteiger partial charge >= 0.3 is 0 Å². The van der Waals surface area contributed by atoms with Gasteiger partial charge in [0.05, 0.1) is 12.2 Å². The van der Waals surface area contributed by atoms with Gasteiger partial charge in [0.25, 0.3) is 0 Å². The predicted octanol–water partition coefficient (Wildman–Crippen LogP) is 2.61. The zero-order chi connectivity index (χ0) is 15.5. The number of halogens is 1. The Morgan fingerprint density at radius 3 is 2.68 bits per heavy atom. The molecule has 0 unspecified atom stereocenters. The van der Waals surface area contributed by atoms with Gasteiger partial charge in [-0.1, -0.05) is 41.9 Å². The summed E-state index contributed by atoms with van der Waals surface area (Å²) in [6, 6.07) is 14.2. The van der Waals surface area contributed by atoms with Crippen LogP contribution in [0.1, 0.15) is 21.7 Å². The molecule has 6 heteroatoms. The van der Waals surface area contributed by atoms with Crippen LogP contribution in [0.5, 0.6) is 0 Å². The number of carbonyl (C=O) groups excluding carboxylic acids is 1. The SMILES string of the molecule is NCc1nncn1-c1ccc(Cl)cc1C(=O)c1ccccc1. The molecule has 0 bridgehead atoms. The van der Waals surface area contributed by atoms with Crippen molar-refractivity contribution in [1.82, 2.24) is 14.8 Å². The Bertz CT molecular complexity index is 814. The quantitative estimate of drug-likeness (QED) is 0.751. The summed E-state index contributed by atoms with van der Waals surface area (Å²) >= 11 is 6.07. The highest BCUT2D eigenvalue weighted by Crippen LogP contribution is 2.23. The van der Waals surface area contributed by atoms with Gasteiger partial charge in [0.15, 0.2) is 11.6 Å². The van der Waals surface area contributed by atoms with Crippen molar-refractivity contribution in [2.75, 3.05) is 0 Å². The molecule has 0 fully saturated rings. The molecular formula is C16H13ClN4O. The number of benzene rings is 2. The number of ketones is 1. The molecule has 0 amide bonds. The van der Waals surface area contributed by atoms with Gasteiger partial charge in [0, 0.05) is 16.1 Å². The molecule has 0 saturated carbocycles. The maximum atomic E-state index is 12.8. The van der Waals surface area contributed by atoms with Gasteiger partial charge in [-0.2, -0.15) is 0 Å². The second kappa shape index (κ2) is 6.09. The zero-order valence-electron chi connectivity index (χ0n) is 11.6. The summed E-state index contributed by atoms with van der Waals surface area (Å²) in [7, 11) is 0. The second-order valence-corrected chi connectivity index (χ2v) is 5.11. The maximum absolute atomic E-state index is 12.8. The molecule has 22 heavy (non-hydrogen) atoms. The smallest absolute Gasteiger partial charge is 0.195 e. The summed E-state index contributed by atoms with van der Waals surface area (Å²) < 4.78 is 1.70. The first kappa shape index (κ1) is 14.4. The highest BCUT2D eigenvalue weighted by Gasteiger charge is 2.17. The molecule has 2 aromatic carbocycles. The first-order valence-corrected chi connectivity index (χ1v) is 7.07. The lowest BCUT2D eigenvalue weighted by atomic mass is 10.0. The van der Waals surface area contributed by atoms with E-state index in [-0.39, 0.29) is 12.3 Å². The molecule has 1 heterocycles. The van der Waals surface area contributed by atoms with Crippen LogP contribution >= 0.6 is 11.6 Å². The van der Waals surface area contributed by atoms with Gasteiger partial charge in [0.2, 0.25) is 0 Å². The van der Waals surface area contributed by atoms with E-state index in [1.807, 2.05) is 18.2 Å². The molecule has 0 spiro atoms. The number of carbonyl (C=O) groups is 1. The predicted molar refractivity (Wildman–Crippen MR) is 84.1 cm³/mol. The number of aromatic nitrogens is 3. The van der Waals surface area contributed by atoms with Crippen LogP contribution < -0.4 is 5.73 Å². The number of hydrogen-bond acceptors (Lipinski definition) is 4. The molecule has 0 aliphatic carbocycles. The van der Waals surface area contributed by atoms with Crippen LogP contribution in [0.4, 0.5) is 0 Å². The number of rotatable bonds is 4. The fourth-order valence-electron chi connectivity index (χ4n) is 2.24. The topological polar surface area (TPSA) is 73.8 Å². The summed E-state index contributed by atoms with van der Waals surface area (Å²) in [5.41, 5.74) is 7.39. The summed E-state index contributed by atoms with van der Waals surface area (Å²) in [6.07, 6.45) is 1.53. The van der Waals surface area contributed by atoms with Crippen molar-refractivity contribution in [3.05, 3.63) is 76.8 Å². The van der Waals surface area contributed by atoms with Crippen LogP contribution in [-0.4, -0.2) is 20.5 Å². The van der Waals surface area contributed by atoms with E-state index in [0.717, 1.165) is 0 Å². The highest BCUT2D eigenvalue weighted by molar-refractivity contribution is 6.31. The minimum atomic E-state index is -0.116. The van der Waals surface area contributed by atoms with E-state index in [9.17, 15) is 4.79 Å². The van der Waals surface area contributed by atoms with E-state index in [1.165, 1.54) is 6.33 Å². The normalized spacial score (nSPS) is 10.6. The first-order chi connectivity index (χ1) is 10.7. The fraction of sp³-hybridized carbons (Fsp3) is 0.0625. The van der Waals surface area contributed by atoms with Crippen molar-refractivity contribution in [3.8, 4) is 5.69 Å². The molecule has 0 radical (unpaired) electrons. The van der Waals surface area contributed by atoms with Gasteiger partial charge < -0.3 is 5.73 Å². The van der Waals surface area contributed by atoms with Crippen LogP contribution in [0, 0.1) is 0 Å². The molecule has 0 saturated heterocycles.